The van der Waals surface area contributed by atoms with Crippen molar-refractivity contribution in [3.05, 3.63) is 80.4 Å². The summed E-state index contributed by atoms with van der Waals surface area (Å²) in [6, 6.07) is 19.2. The summed E-state index contributed by atoms with van der Waals surface area (Å²) >= 11 is 2.17. The number of hydrogen-bond donors (Lipinski definition) is 0. The van der Waals surface area contributed by atoms with E-state index in [0.29, 0.717) is 5.69 Å². The van der Waals surface area contributed by atoms with Gasteiger partial charge in [-0.25, -0.2) is 4.98 Å². The predicted octanol–water partition coefficient (Wildman–Crippen LogP) is 3.81. The zero-order valence-electron chi connectivity index (χ0n) is 11.5. The van der Waals surface area contributed by atoms with Crippen LogP contribution < -0.4 is 5.56 Å². The van der Waals surface area contributed by atoms with Gasteiger partial charge in [-0.2, -0.15) is 0 Å². The van der Waals surface area contributed by atoms with Gasteiger partial charge in [-0.05, 0) is 41.6 Å². The summed E-state index contributed by atoms with van der Waals surface area (Å²) in [4.78, 5) is 17.3. The van der Waals surface area contributed by atoms with Gasteiger partial charge in [-0.15, -0.1) is 0 Å². The first-order chi connectivity index (χ1) is 10.2. The third kappa shape index (κ3) is 2.63. The predicted molar refractivity (Wildman–Crippen MR) is 92.7 cm³/mol. The maximum Gasteiger partial charge on any atom is 0.281 e. The van der Waals surface area contributed by atoms with Gasteiger partial charge in [0.15, 0.2) is 0 Å². The van der Waals surface area contributed by atoms with Gasteiger partial charge in [0.25, 0.3) is 5.56 Å². The maximum absolute atomic E-state index is 12.8. The van der Waals surface area contributed by atoms with Crippen LogP contribution in [0.2, 0.25) is 0 Å². The zero-order valence-corrected chi connectivity index (χ0v) is 13.6. The molecule has 21 heavy (non-hydrogen) atoms. The Balaban J connectivity index is 2.32. The Morgan fingerprint density at radius 2 is 1.52 bits per heavy atom. The highest BCUT2D eigenvalue weighted by atomic mass is 127. The van der Waals surface area contributed by atoms with Crippen LogP contribution in [0.3, 0.4) is 0 Å². The molecule has 0 N–H and O–H groups in total. The molecule has 104 valence electrons. The zero-order chi connectivity index (χ0) is 14.8. The van der Waals surface area contributed by atoms with Gasteiger partial charge in [-0.3, -0.25) is 9.36 Å². The third-order valence-electron chi connectivity index (χ3n) is 3.31. The van der Waals surface area contributed by atoms with Crippen molar-refractivity contribution < 1.29 is 0 Å². The van der Waals surface area contributed by atoms with Crippen molar-refractivity contribution in [2.24, 2.45) is 0 Å². The third-order valence-corrected chi connectivity index (χ3v) is 4.33. The van der Waals surface area contributed by atoms with Crippen molar-refractivity contribution in [3.8, 4) is 16.9 Å². The van der Waals surface area contributed by atoms with E-state index >= 15 is 0 Å². The maximum atomic E-state index is 12.8. The molecule has 1 aromatic heterocycles. The van der Waals surface area contributed by atoms with Crippen molar-refractivity contribution in [3.63, 3.8) is 0 Å². The van der Waals surface area contributed by atoms with Crippen molar-refractivity contribution in [1.82, 2.24) is 9.55 Å². The summed E-state index contributed by atoms with van der Waals surface area (Å²) < 4.78 is 2.55. The highest BCUT2D eigenvalue weighted by molar-refractivity contribution is 14.1. The van der Waals surface area contributed by atoms with Gasteiger partial charge in [0.05, 0.1) is 5.69 Å². The van der Waals surface area contributed by atoms with Crippen LogP contribution in [0.25, 0.3) is 16.9 Å². The molecule has 0 aliphatic rings. The fourth-order valence-electron chi connectivity index (χ4n) is 2.25. The Morgan fingerprint density at radius 1 is 0.952 bits per heavy atom. The number of aromatic nitrogens is 2. The molecule has 2 aromatic carbocycles. The molecular formula is C17H13IN2O. The lowest BCUT2D eigenvalue weighted by atomic mass is 10.1. The van der Waals surface area contributed by atoms with E-state index in [1.807, 2.05) is 67.6 Å². The number of halogens is 1. The molecule has 3 aromatic rings. The molecule has 3 nitrogen and oxygen atoms in total. The molecule has 3 rings (SSSR count). The molecule has 0 aliphatic carbocycles. The fourth-order valence-corrected chi connectivity index (χ4v) is 2.73. The molecule has 1 heterocycles. The summed E-state index contributed by atoms with van der Waals surface area (Å²) in [5.41, 5.74) is 2.94. The first-order valence-electron chi connectivity index (χ1n) is 6.58. The molecule has 0 radical (unpaired) electrons. The summed E-state index contributed by atoms with van der Waals surface area (Å²) in [5.74, 6) is 0. The van der Waals surface area contributed by atoms with E-state index in [-0.39, 0.29) is 5.56 Å². The lowest BCUT2D eigenvalue weighted by Crippen LogP contribution is -2.25. The van der Waals surface area contributed by atoms with Gasteiger partial charge in [0, 0.05) is 11.3 Å². The van der Waals surface area contributed by atoms with Gasteiger partial charge in [-0.1, -0.05) is 48.5 Å². The smallest absolute Gasteiger partial charge is 0.277 e. The molecule has 0 amide bonds. The molecule has 4 heteroatoms. The molecular weight excluding hydrogens is 375 g/mol. The van der Waals surface area contributed by atoms with E-state index in [4.69, 9.17) is 0 Å². The second-order valence-corrected chi connectivity index (χ2v) is 5.70. The van der Waals surface area contributed by atoms with Crippen LogP contribution in [-0.2, 0) is 0 Å². The van der Waals surface area contributed by atoms with Crippen LogP contribution in [-0.4, -0.2) is 9.55 Å². The number of hydrogen-bond acceptors (Lipinski definition) is 2. The van der Waals surface area contributed by atoms with Crippen LogP contribution in [0, 0.1) is 10.6 Å². The van der Waals surface area contributed by atoms with E-state index in [1.54, 1.807) is 4.57 Å². The second-order valence-electron chi connectivity index (χ2n) is 4.68. The summed E-state index contributed by atoms with van der Waals surface area (Å²) in [5, 5.41) is 0. The van der Waals surface area contributed by atoms with E-state index < -0.39 is 0 Å². The van der Waals surface area contributed by atoms with E-state index in [1.165, 1.54) is 0 Å². The van der Waals surface area contributed by atoms with Crippen molar-refractivity contribution in [2.45, 2.75) is 6.92 Å². The summed E-state index contributed by atoms with van der Waals surface area (Å²) in [6.45, 7) is 1.91. The lowest BCUT2D eigenvalue weighted by Gasteiger charge is -2.13. The monoisotopic (exact) mass is 388 g/mol. The Hall–Kier alpha value is -1.95. The van der Waals surface area contributed by atoms with Crippen LogP contribution in [0.1, 0.15) is 5.69 Å². The Morgan fingerprint density at radius 3 is 2.14 bits per heavy atom. The standard InChI is InChI=1S/C17H13IN2O/c1-12-16(18)19-15(13-8-4-2-5-9-13)17(21)20(12)14-10-6-3-7-11-14/h2-11H,1H3. The highest BCUT2D eigenvalue weighted by Gasteiger charge is 2.14. The van der Waals surface area contributed by atoms with Crippen molar-refractivity contribution in [2.75, 3.05) is 0 Å². The molecule has 0 aliphatic heterocycles. The fraction of sp³-hybridized carbons (Fsp3) is 0.0588. The van der Waals surface area contributed by atoms with Crippen molar-refractivity contribution >= 4 is 22.6 Å². The van der Waals surface area contributed by atoms with E-state index in [9.17, 15) is 4.79 Å². The average Bonchev–Trinajstić information content (AvgIpc) is 2.53. The minimum absolute atomic E-state index is 0.0923. The average molecular weight is 388 g/mol. The molecule has 0 atom stereocenters. The number of para-hydroxylation sites is 1. The minimum atomic E-state index is -0.0923. The van der Waals surface area contributed by atoms with Gasteiger partial charge in [0.2, 0.25) is 0 Å². The SMILES string of the molecule is Cc1c(I)nc(-c2ccccc2)c(=O)n1-c1ccccc1. The molecule has 0 bridgehead atoms. The Bertz CT molecular complexity index is 827. The van der Waals surface area contributed by atoms with E-state index in [2.05, 4.69) is 27.6 Å². The Kier molecular flexibility index (Phi) is 3.88. The van der Waals surface area contributed by atoms with Crippen LogP contribution >= 0.6 is 22.6 Å². The minimum Gasteiger partial charge on any atom is -0.277 e. The quantitative estimate of drug-likeness (QED) is 0.626. The summed E-state index contributed by atoms with van der Waals surface area (Å²) in [6.07, 6.45) is 0. The normalized spacial score (nSPS) is 10.6. The topological polar surface area (TPSA) is 34.9 Å². The van der Waals surface area contributed by atoms with Crippen LogP contribution in [0.5, 0.6) is 0 Å². The Labute approximate surface area is 136 Å². The molecule has 0 spiro atoms. The number of nitrogens with zero attached hydrogens (tertiary/aromatic N) is 2. The van der Waals surface area contributed by atoms with Gasteiger partial charge < -0.3 is 0 Å². The van der Waals surface area contributed by atoms with Gasteiger partial charge in [0.1, 0.15) is 9.39 Å². The van der Waals surface area contributed by atoms with Gasteiger partial charge >= 0.3 is 0 Å². The first kappa shape index (κ1) is 14.0. The number of rotatable bonds is 2. The molecule has 0 unspecified atom stereocenters. The molecule has 0 saturated carbocycles. The first-order valence-corrected chi connectivity index (χ1v) is 7.66. The van der Waals surface area contributed by atoms with Crippen molar-refractivity contribution in [1.29, 1.82) is 0 Å². The molecule has 0 fully saturated rings. The molecule has 0 saturated heterocycles. The highest BCUT2D eigenvalue weighted by Crippen LogP contribution is 2.18. The number of benzene rings is 2. The largest absolute Gasteiger partial charge is 0.281 e. The van der Waals surface area contributed by atoms with Crippen LogP contribution in [0.15, 0.2) is 65.5 Å². The van der Waals surface area contributed by atoms with Crippen LogP contribution in [0.4, 0.5) is 0 Å². The van der Waals surface area contributed by atoms with E-state index in [0.717, 1.165) is 20.6 Å². The summed E-state index contributed by atoms with van der Waals surface area (Å²) in [7, 11) is 0. The lowest BCUT2D eigenvalue weighted by molar-refractivity contribution is 0.892. The second kappa shape index (κ2) is 5.81.